The molecule has 2 rings (SSSR count). The maximum atomic E-state index is 5.63. The first-order valence-corrected chi connectivity index (χ1v) is 7.29. The van der Waals surface area contributed by atoms with Gasteiger partial charge >= 0.3 is 0 Å². The van der Waals surface area contributed by atoms with Crippen molar-refractivity contribution in [3.63, 3.8) is 0 Å². The lowest BCUT2D eigenvalue weighted by Gasteiger charge is -2.10. The van der Waals surface area contributed by atoms with E-state index in [1.807, 2.05) is 24.3 Å². The smallest absolute Gasteiger partial charge is 0.129 e. The van der Waals surface area contributed by atoms with E-state index in [1.54, 1.807) is 6.26 Å². The van der Waals surface area contributed by atoms with Crippen LogP contribution in [0.25, 0.3) is 0 Å². The molecule has 0 aliphatic carbocycles. The molecular formula is C17H23NO3. The normalized spacial score (nSPS) is 11.0. The average molecular weight is 289 g/mol. The lowest BCUT2D eigenvalue weighted by molar-refractivity contribution is 0.0781. The Bertz CT molecular complexity index is 491. The van der Waals surface area contributed by atoms with Crippen molar-refractivity contribution in [1.82, 2.24) is 5.32 Å². The molecule has 0 unspecified atom stereocenters. The van der Waals surface area contributed by atoms with E-state index in [4.69, 9.17) is 13.9 Å². The van der Waals surface area contributed by atoms with Crippen LogP contribution in [0.2, 0.25) is 0 Å². The summed E-state index contributed by atoms with van der Waals surface area (Å²) in [4.78, 5) is 0. The van der Waals surface area contributed by atoms with Crippen molar-refractivity contribution in [2.45, 2.75) is 33.0 Å². The van der Waals surface area contributed by atoms with Gasteiger partial charge in [0.25, 0.3) is 0 Å². The first-order chi connectivity index (χ1) is 10.2. The molecule has 21 heavy (non-hydrogen) atoms. The summed E-state index contributed by atoms with van der Waals surface area (Å²) in [6.07, 6.45) is 1.64. The molecule has 0 radical (unpaired) electrons. The number of hydrogen-bond donors (Lipinski definition) is 1. The molecule has 4 heteroatoms. The lowest BCUT2D eigenvalue weighted by Crippen LogP contribution is -2.21. The molecule has 114 valence electrons. The van der Waals surface area contributed by atoms with Gasteiger partial charge in [-0.3, -0.25) is 0 Å². The number of hydrogen-bond acceptors (Lipinski definition) is 4. The minimum atomic E-state index is 0.482. The maximum Gasteiger partial charge on any atom is 0.129 e. The van der Waals surface area contributed by atoms with Crippen LogP contribution in [0.15, 0.2) is 47.1 Å². The number of rotatable bonds is 9. The fourth-order valence-corrected chi connectivity index (χ4v) is 1.81. The van der Waals surface area contributed by atoms with Gasteiger partial charge in [-0.15, -0.1) is 0 Å². The highest BCUT2D eigenvalue weighted by Crippen LogP contribution is 2.12. The summed E-state index contributed by atoms with van der Waals surface area (Å²) < 4.78 is 16.3. The van der Waals surface area contributed by atoms with E-state index >= 15 is 0 Å². The highest BCUT2D eigenvalue weighted by molar-refractivity contribution is 5.27. The number of ether oxygens (including phenoxy) is 2. The van der Waals surface area contributed by atoms with Crippen molar-refractivity contribution in [1.29, 1.82) is 0 Å². The molecular weight excluding hydrogens is 266 g/mol. The summed E-state index contributed by atoms with van der Waals surface area (Å²) in [6.45, 7) is 6.71. The Balaban J connectivity index is 1.62. The summed E-state index contributed by atoms with van der Waals surface area (Å²) in [5, 5.41) is 3.38. The Morgan fingerprint density at radius 3 is 2.57 bits per heavy atom. The minimum absolute atomic E-state index is 0.482. The van der Waals surface area contributed by atoms with Crippen LogP contribution in [-0.4, -0.2) is 19.3 Å². The van der Waals surface area contributed by atoms with Crippen LogP contribution in [0.4, 0.5) is 0 Å². The Morgan fingerprint density at radius 1 is 1.10 bits per heavy atom. The van der Waals surface area contributed by atoms with Crippen LogP contribution < -0.4 is 10.1 Å². The Hall–Kier alpha value is -1.78. The largest absolute Gasteiger partial charge is 0.491 e. The molecule has 0 aliphatic rings. The Morgan fingerprint density at radius 2 is 1.90 bits per heavy atom. The number of nitrogens with one attached hydrogen (secondary N) is 1. The topological polar surface area (TPSA) is 43.6 Å². The predicted molar refractivity (Wildman–Crippen MR) is 82.3 cm³/mol. The summed E-state index contributed by atoms with van der Waals surface area (Å²) in [7, 11) is 0. The summed E-state index contributed by atoms with van der Waals surface area (Å²) in [5.41, 5.74) is 1.25. The highest BCUT2D eigenvalue weighted by atomic mass is 16.5. The van der Waals surface area contributed by atoms with Gasteiger partial charge in [-0.2, -0.15) is 0 Å². The second kappa shape index (κ2) is 8.49. The van der Waals surface area contributed by atoms with Crippen molar-refractivity contribution >= 4 is 0 Å². The minimum Gasteiger partial charge on any atom is -0.491 e. The lowest BCUT2D eigenvalue weighted by atomic mass is 10.2. The van der Waals surface area contributed by atoms with Crippen molar-refractivity contribution in [2.24, 2.45) is 0 Å². The first-order valence-electron chi connectivity index (χ1n) is 7.29. The van der Waals surface area contributed by atoms with Crippen molar-refractivity contribution < 1.29 is 13.9 Å². The van der Waals surface area contributed by atoms with Gasteiger partial charge in [-0.05, 0) is 29.8 Å². The second-order valence-corrected chi connectivity index (χ2v) is 5.16. The van der Waals surface area contributed by atoms with Crippen LogP contribution in [0.3, 0.4) is 0 Å². The molecule has 2 aromatic rings. The molecule has 1 aromatic heterocycles. The van der Waals surface area contributed by atoms with E-state index in [1.165, 1.54) is 5.56 Å². The molecule has 1 N–H and O–H groups in total. The van der Waals surface area contributed by atoms with Gasteiger partial charge in [0.15, 0.2) is 0 Å². The first kappa shape index (κ1) is 15.6. The predicted octanol–water partition coefficient (Wildman–Crippen LogP) is 3.37. The molecule has 1 heterocycles. The third-order valence-corrected chi connectivity index (χ3v) is 2.96. The number of benzene rings is 1. The van der Waals surface area contributed by atoms with Crippen LogP contribution in [-0.2, 0) is 17.9 Å². The SMILES string of the molecule is CC(C)NCc1ccc(OCCOCc2ccco2)cc1. The molecule has 4 nitrogen and oxygen atoms in total. The molecule has 0 spiro atoms. The zero-order valence-corrected chi connectivity index (χ0v) is 12.7. The fraction of sp³-hybridized carbons (Fsp3) is 0.412. The average Bonchev–Trinajstić information content (AvgIpc) is 2.99. The molecule has 0 bridgehead atoms. The van der Waals surface area contributed by atoms with Crippen LogP contribution in [0.5, 0.6) is 5.75 Å². The molecule has 0 fully saturated rings. The van der Waals surface area contributed by atoms with Gasteiger partial charge in [-0.1, -0.05) is 26.0 Å². The standard InChI is InChI=1S/C17H23NO3/c1-14(2)18-12-15-5-7-16(8-6-15)21-11-10-19-13-17-4-3-9-20-17/h3-9,14,18H,10-13H2,1-2H3. The van der Waals surface area contributed by atoms with E-state index in [9.17, 15) is 0 Å². The quantitative estimate of drug-likeness (QED) is 0.719. The number of furan rings is 1. The van der Waals surface area contributed by atoms with Crippen LogP contribution >= 0.6 is 0 Å². The van der Waals surface area contributed by atoms with Gasteiger partial charge in [-0.25, -0.2) is 0 Å². The Kier molecular flexibility index (Phi) is 6.31. The van der Waals surface area contributed by atoms with E-state index in [2.05, 4.69) is 31.3 Å². The van der Waals surface area contributed by atoms with Gasteiger partial charge in [0.05, 0.1) is 12.9 Å². The van der Waals surface area contributed by atoms with Crippen molar-refractivity contribution in [2.75, 3.05) is 13.2 Å². The van der Waals surface area contributed by atoms with E-state index in [0.717, 1.165) is 18.1 Å². The van der Waals surface area contributed by atoms with E-state index < -0.39 is 0 Å². The Labute approximate surface area is 126 Å². The third kappa shape index (κ3) is 6.02. The summed E-state index contributed by atoms with van der Waals surface area (Å²) in [6, 6.07) is 12.4. The summed E-state index contributed by atoms with van der Waals surface area (Å²) in [5.74, 6) is 1.70. The molecule has 0 saturated carbocycles. The van der Waals surface area contributed by atoms with Crippen molar-refractivity contribution in [3.05, 3.63) is 54.0 Å². The van der Waals surface area contributed by atoms with Gasteiger partial charge in [0, 0.05) is 12.6 Å². The van der Waals surface area contributed by atoms with Gasteiger partial charge < -0.3 is 19.2 Å². The maximum absolute atomic E-state index is 5.63. The monoisotopic (exact) mass is 289 g/mol. The van der Waals surface area contributed by atoms with Crippen molar-refractivity contribution in [3.8, 4) is 5.75 Å². The zero-order chi connectivity index (χ0) is 14.9. The molecule has 0 saturated heterocycles. The highest BCUT2D eigenvalue weighted by Gasteiger charge is 1.98. The van der Waals surface area contributed by atoms with Crippen LogP contribution in [0, 0.1) is 0 Å². The molecule has 0 amide bonds. The third-order valence-electron chi connectivity index (χ3n) is 2.96. The van der Waals surface area contributed by atoms with E-state index in [-0.39, 0.29) is 0 Å². The van der Waals surface area contributed by atoms with Gasteiger partial charge in [0.1, 0.15) is 24.7 Å². The summed E-state index contributed by atoms with van der Waals surface area (Å²) >= 11 is 0. The van der Waals surface area contributed by atoms with Crippen LogP contribution in [0.1, 0.15) is 25.2 Å². The molecule has 1 aromatic carbocycles. The fourth-order valence-electron chi connectivity index (χ4n) is 1.81. The van der Waals surface area contributed by atoms with Gasteiger partial charge in [0.2, 0.25) is 0 Å². The zero-order valence-electron chi connectivity index (χ0n) is 12.7. The second-order valence-electron chi connectivity index (χ2n) is 5.16. The molecule has 0 atom stereocenters. The molecule has 0 aliphatic heterocycles. The van der Waals surface area contributed by atoms with E-state index in [0.29, 0.717) is 25.9 Å².